The van der Waals surface area contributed by atoms with E-state index in [-0.39, 0.29) is 12.0 Å². The van der Waals surface area contributed by atoms with E-state index in [0.29, 0.717) is 6.61 Å². The predicted molar refractivity (Wildman–Crippen MR) is 73.7 cm³/mol. The lowest BCUT2D eigenvalue weighted by Crippen LogP contribution is -2.14. The fourth-order valence-corrected chi connectivity index (χ4v) is 1.89. The zero-order valence-corrected chi connectivity index (χ0v) is 12.2. The number of ether oxygens (including phenoxy) is 2. The fraction of sp³-hybridized carbons (Fsp3) is 0.533. The van der Waals surface area contributed by atoms with Crippen molar-refractivity contribution in [2.45, 2.75) is 39.7 Å². The average Bonchev–Trinajstić information content (AvgIpc) is 2.28. The Labute approximate surface area is 114 Å². The SMILES string of the molecule is COc1cc(C)c(COCC(=O)O)cc1C(C)(C)C. The molecule has 0 atom stereocenters. The number of aryl methyl sites for hydroxylation is 1. The lowest BCUT2D eigenvalue weighted by atomic mass is 9.84. The molecule has 0 aliphatic carbocycles. The molecule has 0 aromatic heterocycles. The number of carboxylic acid groups (broad SMARTS) is 1. The molecule has 0 heterocycles. The monoisotopic (exact) mass is 266 g/mol. The predicted octanol–water partition coefficient (Wildman–Crippen LogP) is 2.90. The Morgan fingerprint density at radius 1 is 1.32 bits per heavy atom. The van der Waals surface area contributed by atoms with Crippen LogP contribution in [0.25, 0.3) is 0 Å². The van der Waals surface area contributed by atoms with Crippen LogP contribution < -0.4 is 4.74 Å². The van der Waals surface area contributed by atoms with E-state index in [0.717, 1.165) is 22.4 Å². The third kappa shape index (κ3) is 4.24. The standard InChI is InChI=1S/C15H22O4/c1-10-6-13(18-5)12(15(2,3)4)7-11(10)8-19-9-14(16)17/h6-7H,8-9H2,1-5H3,(H,16,17). The van der Waals surface area contributed by atoms with Gasteiger partial charge < -0.3 is 14.6 Å². The maximum atomic E-state index is 10.5. The summed E-state index contributed by atoms with van der Waals surface area (Å²) in [6.45, 7) is 8.32. The minimum absolute atomic E-state index is 0.0411. The van der Waals surface area contributed by atoms with Crippen LogP contribution in [-0.2, 0) is 21.6 Å². The topological polar surface area (TPSA) is 55.8 Å². The first kappa shape index (κ1) is 15.5. The van der Waals surface area contributed by atoms with Crippen LogP contribution in [0.4, 0.5) is 0 Å². The molecule has 1 rings (SSSR count). The van der Waals surface area contributed by atoms with Crippen molar-refractivity contribution >= 4 is 5.97 Å². The van der Waals surface area contributed by atoms with Crippen LogP contribution in [0.3, 0.4) is 0 Å². The number of methoxy groups -OCH3 is 1. The van der Waals surface area contributed by atoms with Gasteiger partial charge in [0.25, 0.3) is 0 Å². The molecule has 4 heteroatoms. The van der Waals surface area contributed by atoms with E-state index in [9.17, 15) is 4.79 Å². The zero-order chi connectivity index (χ0) is 14.6. The van der Waals surface area contributed by atoms with Crippen molar-refractivity contribution < 1.29 is 19.4 Å². The second-order valence-corrected chi connectivity index (χ2v) is 5.62. The maximum Gasteiger partial charge on any atom is 0.329 e. The maximum absolute atomic E-state index is 10.5. The minimum atomic E-state index is -0.956. The molecule has 4 nitrogen and oxygen atoms in total. The van der Waals surface area contributed by atoms with Crippen LogP contribution in [0.1, 0.15) is 37.5 Å². The molecule has 19 heavy (non-hydrogen) atoms. The summed E-state index contributed by atoms with van der Waals surface area (Å²) < 4.78 is 10.6. The Bertz CT molecular complexity index is 458. The normalized spacial score (nSPS) is 11.4. The van der Waals surface area contributed by atoms with Gasteiger partial charge in [0.1, 0.15) is 12.4 Å². The molecule has 0 saturated carbocycles. The Morgan fingerprint density at radius 2 is 1.95 bits per heavy atom. The molecular formula is C15H22O4. The highest BCUT2D eigenvalue weighted by atomic mass is 16.5. The van der Waals surface area contributed by atoms with Gasteiger partial charge in [-0.1, -0.05) is 20.8 Å². The van der Waals surface area contributed by atoms with Crippen molar-refractivity contribution in [2.24, 2.45) is 0 Å². The van der Waals surface area contributed by atoms with E-state index in [2.05, 4.69) is 20.8 Å². The first-order valence-corrected chi connectivity index (χ1v) is 6.23. The number of hydrogen-bond acceptors (Lipinski definition) is 3. The van der Waals surface area contributed by atoms with E-state index < -0.39 is 5.97 Å². The molecular weight excluding hydrogens is 244 g/mol. The fourth-order valence-electron chi connectivity index (χ4n) is 1.89. The highest BCUT2D eigenvalue weighted by Gasteiger charge is 2.20. The van der Waals surface area contributed by atoms with Gasteiger partial charge in [0.05, 0.1) is 13.7 Å². The number of aliphatic carboxylic acids is 1. The molecule has 0 aliphatic heterocycles. The number of rotatable bonds is 5. The van der Waals surface area contributed by atoms with E-state index in [1.165, 1.54) is 0 Å². The molecule has 0 unspecified atom stereocenters. The van der Waals surface area contributed by atoms with Gasteiger partial charge in [0.15, 0.2) is 0 Å². The van der Waals surface area contributed by atoms with Gasteiger partial charge in [0.2, 0.25) is 0 Å². The zero-order valence-electron chi connectivity index (χ0n) is 12.2. The van der Waals surface area contributed by atoms with E-state index in [4.69, 9.17) is 14.6 Å². The van der Waals surface area contributed by atoms with Crippen molar-refractivity contribution in [3.63, 3.8) is 0 Å². The van der Waals surface area contributed by atoms with Crippen molar-refractivity contribution in [3.05, 3.63) is 28.8 Å². The van der Waals surface area contributed by atoms with E-state index >= 15 is 0 Å². The molecule has 1 N–H and O–H groups in total. The summed E-state index contributed by atoms with van der Waals surface area (Å²) in [5.41, 5.74) is 3.08. The Hall–Kier alpha value is -1.55. The summed E-state index contributed by atoms with van der Waals surface area (Å²) in [4.78, 5) is 10.5. The largest absolute Gasteiger partial charge is 0.496 e. The summed E-state index contributed by atoms with van der Waals surface area (Å²) in [5.74, 6) is -0.103. The van der Waals surface area contributed by atoms with Crippen LogP contribution in [0.5, 0.6) is 5.75 Å². The van der Waals surface area contributed by atoms with Gasteiger partial charge in [-0.2, -0.15) is 0 Å². The van der Waals surface area contributed by atoms with Crippen LogP contribution in [0.15, 0.2) is 12.1 Å². The third-order valence-corrected chi connectivity index (χ3v) is 2.95. The summed E-state index contributed by atoms with van der Waals surface area (Å²) in [5, 5.41) is 8.58. The van der Waals surface area contributed by atoms with Crippen molar-refractivity contribution in [2.75, 3.05) is 13.7 Å². The Kier molecular flexibility index (Phi) is 4.95. The molecule has 0 radical (unpaired) electrons. The van der Waals surface area contributed by atoms with Gasteiger partial charge in [-0.25, -0.2) is 4.79 Å². The van der Waals surface area contributed by atoms with Crippen molar-refractivity contribution in [3.8, 4) is 5.75 Å². The molecule has 1 aromatic carbocycles. The highest BCUT2D eigenvalue weighted by molar-refractivity contribution is 5.68. The molecule has 0 spiro atoms. The Morgan fingerprint density at radius 3 is 2.42 bits per heavy atom. The average molecular weight is 266 g/mol. The summed E-state index contributed by atoms with van der Waals surface area (Å²) >= 11 is 0. The number of benzene rings is 1. The quantitative estimate of drug-likeness (QED) is 0.890. The molecule has 0 saturated heterocycles. The van der Waals surface area contributed by atoms with Gasteiger partial charge in [0, 0.05) is 0 Å². The van der Waals surface area contributed by atoms with Crippen molar-refractivity contribution in [1.29, 1.82) is 0 Å². The lowest BCUT2D eigenvalue weighted by molar-refractivity contribution is -0.142. The highest BCUT2D eigenvalue weighted by Crippen LogP contribution is 2.33. The summed E-state index contributed by atoms with van der Waals surface area (Å²) in [6.07, 6.45) is 0. The van der Waals surface area contributed by atoms with Crippen LogP contribution in [0.2, 0.25) is 0 Å². The molecule has 0 fully saturated rings. The van der Waals surface area contributed by atoms with Gasteiger partial charge in [-0.3, -0.25) is 0 Å². The number of hydrogen-bond donors (Lipinski definition) is 1. The molecule has 1 aromatic rings. The summed E-state index contributed by atoms with van der Waals surface area (Å²) in [6, 6.07) is 4.01. The first-order chi connectivity index (χ1) is 8.75. The van der Waals surface area contributed by atoms with E-state index in [1.807, 2.05) is 19.1 Å². The first-order valence-electron chi connectivity index (χ1n) is 6.23. The molecule has 0 aliphatic rings. The van der Waals surface area contributed by atoms with Gasteiger partial charge >= 0.3 is 5.97 Å². The molecule has 106 valence electrons. The third-order valence-electron chi connectivity index (χ3n) is 2.95. The van der Waals surface area contributed by atoms with E-state index in [1.54, 1.807) is 7.11 Å². The van der Waals surface area contributed by atoms with Gasteiger partial charge in [-0.15, -0.1) is 0 Å². The smallest absolute Gasteiger partial charge is 0.329 e. The minimum Gasteiger partial charge on any atom is -0.496 e. The second-order valence-electron chi connectivity index (χ2n) is 5.62. The lowest BCUT2D eigenvalue weighted by Gasteiger charge is -2.24. The van der Waals surface area contributed by atoms with Gasteiger partial charge in [-0.05, 0) is 41.2 Å². The van der Waals surface area contributed by atoms with Crippen LogP contribution in [-0.4, -0.2) is 24.8 Å². The van der Waals surface area contributed by atoms with Crippen LogP contribution in [0, 0.1) is 6.92 Å². The summed E-state index contributed by atoms with van der Waals surface area (Å²) in [7, 11) is 1.66. The molecule has 0 bridgehead atoms. The number of carbonyl (C=O) groups is 1. The molecule has 0 amide bonds. The Balaban J connectivity index is 3.03. The van der Waals surface area contributed by atoms with Crippen LogP contribution >= 0.6 is 0 Å². The second kappa shape index (κ2) is 6.06. The number of carboxylic acids is 1. The van der Waals surface area contributed by atoms with Crippen molar-refractivity contribution in [1.82, 2.24) is 0 Å².